The number of nitrogens with zero attached hydrogens (tertiary/aromatic N) is 1. The van der Waals surface area contributed by atoms with Gasteiger partial charge in [-0.25, -0.2) is 4.79 Å². The van der Waals surface area contributed by atoms with Gasteiger partial charge < -0.3 is 20.6 Å². The fourth-order valence-electron chi connectivity index (χ4n) is 1.59. The van der Waals surface area contributed by atoms with Crippen LogP contribution in [-0.4, -0.2) is 72.5 Å². The van der Waals surface area contributed by atoms with Crippen molar-refractivity contribution < 1.29 is 19.5 Å². The number of hydrogen-bond acceptors (Lipinski definition) is 5. The number of hydrogen-bond donors (Lipinski definition) is 3. The number of thioether (sulfide) groups is 1. The van der Waals surface area contributed by atoms with Gasteiger partial charge in [-0.1, -0.05) is 6.92 Å². The Kier molecular flexibility index (Phi) is 11.6. The second-order valence-corrected chi connectivity index (χ2v) is 6.31. The summed E-state index contributed by atoms with van der Waals surface area (Å²) in [5.41, 5.74) is 0. The van der Waals surface area contributed by atoms with E-state index in [9.17, 15) is 14.4 Å². The van der Waals surface area contributed by atoms with Crippen LogP contribution < -0.4 is 10.6 Å². The molecule has 0 fully saturated rings. The summed E-state index contributed by atoms with van der Waals surface area (Å²) in [4.78, 5) is 36.0. The molecule has 0 aliphatic carbocycles. The molecule has 22 heavy (non-hydrogen) atoms. The van der Waals surface area contributed by atoms with Crippen LogP contribution in [0.5, 0.6) is 0 Å². The fraction of sp³-hybridized carbons (Fsp3) is 0.786. The van der Waals surface area contributed by atoms with Gasteiger partial charge in [0.1, 0.15) is 6.04 Å². The van der Waals surface area contributed by atoms with Crippen molar-refractivity contribution in [3.8, 4) is 0 Å². The summed E-state index contributed by atoms with van der Waals surface area (Å²) in [6.07, 6.45) is 1.31. The molecule has 0 aromatic rings. The van der Waals surface area contributed by atoms with Gasteiger partial charge in [0, 0.05) is 19.5 Å². The van der Waals surface area contributed by atoms with Crippen LogP contribution in [0.15, 0.2) is 0 Å². The molecule has 1 unspecified atom stereocenters. The molecule has 0 radical (unpaired) electrons. The Labute approximate surface area is 136 Å². The predicted octanol–water partition coefficient (Wildman–Crippen LogP) is 0.157. The van der Waals surface area contributed by atoms with Gasteiger partial charge in [0.2, 0.25) is 11.8 Å². The third-order valence-electron chi connectivity index (χ3n) is 2.78. The summed E-state index contributed by atoms with van der Waals surface area (Å²) >= 11 is 1.37. The van der Waals surface area contributed by atoms with E-state index in [1.54, 1.807) is 0 Å². The molecule has 0 rings (SSSR count). The zero-order valence-corrected chi connectivity index (χ0v) is 14.4. The van der Waals surface area contributed by atoms with Crippen LogP contribution in [-0.2, 0) is 14.4 Å². The minimum absolute atomic E-state index is 0.0613. The first-order valence-electron chi connectivity index (χ1n) is 7.38. The molecule has 8 heteroatoms. The van der Waals surface area contributed by atoms with E-state index in [0.29, 0.717) is 37.3 Å². The Morgan fingerprint density at radius 2 is 1.91 bits per heavy atom. The maximum Gasteiger partial charge on any atom is 0.326 e. The molecule has 3 N–H and O–H groups in total. The standard InChI is InChI=1S/C14H27N3O4S/c1-4-5-12(18)16-11(14(20)21)6-9-22-10-13(19)15-7-8-17(2)3/h11H,4-10H2,1-3H3,(H,15,19)(H,16,18)(H,20,21). The summed E-state index contributed by atoms with van der Waals surface area (Å²) in [6, 6.07) is -0.886. The monoisotopic (exact) mass is 333 g/mol. The average molecular weight is 333 g/mol. The molecule has 0 aromatic heterocycles. The number of aliphatic carboxylic acids is 1. The summed E-state index contributed by atoms with van der Waals surface area (Å²) in [5, 5.41) is 14.3. The van der Waals surface area contributed by atoms with Crippen LogP contribution in [0.3, 0.4) is 0 Å². The largest absolute Gasteiger partial charge is 0.480 e. The maximum absolute atomic E-state index is 11.5. The van der Waals surface area contributed by atoms with Crippen molar-refractivity contribution in [3.63, 3.8) is 0 Å². The minimum Gasteiger partial charge on any atom is -0.480 e. The molecule has 128 valence electrons. The molecule has 0 spiro atoms. The number of rotatable bonds is 12. The Morgan fingerprint density at radius 1 is 1.23 bits per heavy atom. The van der Waals surface area contributed by atoms with Gasteiger partial charge in [0.15, 0.2) is 0 Å². The molecular weight excluding hydrogens is 306 g/mol. The molecule has 0 saturated carbocycles. The van der Waals surface area contributed by atoms with Gasteiger partial charge in [-0.3, -0.25) is 9.59 Å². The molecular formula is C14H27N3O4S. The van der Waals surface area contributed by atoms with Gasteiger partial charge in [-0.15, -0.1) is 0 Å². The summed E-state index contributed by atoms with van der Waals surface area (Å²) in [7, 11) is 3.86. The fourth-order valence-corrected chi connectivity index (χ4v) is 2.42. The molecule has 2 amide bonds. The van der Waals surface area contributed by atoms with E-state index in [-0.39, 0.29) is 11.8 Å². The van der Waals surface area contributed by atoms with Crippen molar-refractivity contribution in [3.05, 3.63) is 0 Å². The van der Waals surface area contributed by atoms with Crippen molar-refractivity contribution in [2.75, 3.05) is 38.7 Å². The number of nitrogens with one attached hydrogen (secondary N) is 2. The number of carboxylic acids is 1. The molecule has 0 heterocycles. The molecule has 0 bridgehead atoms. The highest BCUT2D eigenvalue weighted by Gasteiger charge is 2.19. The lowest BCUT2D eigenvalue weighted by Crippen LogP contribution is -2.41. The second-order valence-electron chi connectivity index (χ2n) is 5.20. The Morgan fingerprint density at radius 3 is 2.45 bits per heavy atom. The van der Waals surface area contributed by atoms with E-state index in [2.05, 4.69) is 10.6 Å². The SMILES string of the molecule is CCCC(=O)NC(CCSCC(=O)NCCN(C)C)C(=O)O. The van der Waals surface area contributed by atoms with E-state index in [0.717, 1.165) is 6.54 Å². The zero-order valence-electron chi connectivity index (χ0n) is 13.6. The number of carbonyl (C=O) groups excluding carboxylic acids is 2. The van der Waals surface area contributed by atoms with Crippen LogP contribution in [0, 0.1) is 0 Å². The van der Waals surface area contributed by atoms with E-state index < -0.39 is 12.0 Å². The van der Waals surface area contributed by atoms with Gasteiger partial charge in [0.05, 0.1) is 5.75 Å². The van der Waals surface area contributed by atoms with Crippen LogP contribution in [0.2, 0.25) is 0 Å². The van der Waals surface area contributed by atoms with Crippen molar-refractivity contribution in [1.82, 2.24) is 15.5 Å². The van der Waals surface area contributed by atoms with E-state index in [1.165, 1.54) is 11.8 Å². The van der Waals surface area contributed by atoms with E-state index in [1.807, 2.05) is 25.9 Å². The second kappa shape index (κ2) is 12.3. The highest BCUT2D eigenvalue weighted by atomic mass is 32.2. The normalized spacial score (nSPS) is 12.0. The van der Waals surface area contributed by atoms with Crippen LogP contribution >= 0.6 is 11.8 Å². The minimum atomic E-state index is -1.04. The summed E-state index contributed by atoms with van der Waals surface area (Å²) < 4.78 is 0. The van der Waals surface area contributed by atoms with E-state index >= 15 is 0 Å². The van der Waals surface area contributed by atoms with Gasteiger partial charge in [-0.05, 0) is 32.7 Å². The first-order chi connectivity index (χ1) is 10.4. The highest BCUT2D eigenvalue weighted by Crippen LogP contribution is 2.05. The van der Waals surface area contributed by atoms with Gasteiger partial charge in [0.25, 0.3) is 0 Å². The third kappa shape index (κ3) is 11.4. The van der Waals surface area contributed by atoms with Gasteiger partial charge >= 0.3 is 5.97 Å². The first kappa shape index (κ1) is 20.7. The molecule has 0 saturated heterocycles. The number of carbonyl (C=O) groups is 3. The van der Waals surface area contributed by atoms with Crippen molar-refractivity contribution in [2.24, 2.45) is 0 Å². The molecule has 0 aromatic carbocycles. The smallest absolute Gasteiger partial charge is 0.326 e. The van der Waals surface area contributed by atoms with Crippen molar-refractivity contribution >= 4 is 29.5 Å². The maximum atomic E-state index is 11.5. The Bertz CT molecular complexity index is 364. The van der Waals surface area contributed by atoms with Crippen LogP contribution in [0.4, 0.5) is 0 Å². The van der Waals surface area contributed by atoms with Crippen molar-refractivity contribution in [1.29, 1.82) is 0 Å². The molecule has 7 nitrogen and oxygen atoms in total. The van der Waals surface area contributed by atoms with Crippen LogP contribution in [0.25, 0.3) is 0 Å². The summed E-state index contributed by atoms with van der Waals surface area (Å²) in [5.74, 6) is -0.553. The zero-order chi connectivity index (χ0) is 17.0. The topological polar surface area (TPSA) is 98.7 Å². The third-order valence-corrected chi connectivity index (χ3v) is 3.77. The van der Waals surface area contributed by atoms with E-state index in [4.69, 9.17) is 5.11 Å². The number of amides is 2. The predicted molar refractivity (Wildman–Crippen MR) is 88.0 cm³/mol. The lowest BCUT2D eigenvalue weighted by atomic mass is 10.2. The molecule has 0 aliphatic rings. The van der Waals surface area contributed by atoms with Crippen molar-refractivity contribution in [2.45, 2.75) is 32.2 Å². The summed E-state index contributed by atoms with van der Waals surface area (Å²) in [6.45, 7) is 3.23. The lowest BCUT2D eigenvalue weighted by Gasteiger charge is -2.14. The number of likely N-dealkylation sites (N-methyl/N-ethyl adjacent to an activating group) is 1. The first-order valence-corrected chi connectivity index (χ1v) is 8.53. The molecule has 1 atom stereocenters. The number of carboxylic acid groups (broad SMARTS) is 1. The Balaban J connectivity index is 3.87. The highest BCUT2D eigenvalue weighted by molar-refractivity contribution is 7.99. The van der Waals surface area contributed by atoms with Crippen LogP contribution in [0.1, 0.15) is 26.2 Å². The lowest BCUT2D eigenvalue weighted by molar-refractivity contribution is -0.141. The average Bonchev–Trinajstić information content (AvgIpc) is 2.41. The quantitative estimate of drug-likeness (QED) is 0.440. The molecule has 0 aliphatic heterocycles. The Hall–Kier alpha value is -1.28. The van der Waals surface area contributed by atoms with Gasteiger partial charge in [-0.2, -0.15) is 11.8 Å².